The molecular formula is C19H15NOS. The number of aromatic nitrogens is 1. The zero-order valence-electron chi connectivity index (χ0n) is 12.2. The summed E-state index contributed by atoms with van der Waals surface area (Å²) in [5.74, 6) is 0. The minimum atomic E-state index is -1.20. The Morgan fingerprint density at radius 2 is 1.45 bits per heavy atom. The Bertz CT molecular complexity index is 1010. The van der Waals surface area contributed by atoms with Gasteiger partial charge in [-0.1, -0.05) is 54.6 Å². The van der Waals surface area contributed by atoms with Crippen molar-refractivity contribution in [1.82, 2.24) is 4.57 Å². The fourth-order valence-corrected chi connectivity index (χ4v) is 4.38. The van der Waals surface area contributed by atoms with Gasteiger partial charge in [0.05, 0.1) is 20.6 Å². The largest absolute Gasteiger partial charge is 0.349 e. The van der Waals surface area contributed by atoms with Gasteiger partial charge in [-0.3, -0.25) is 0 Å². The van der Waals surface area contributed by atoms with Gasteiger partial charge < -0.3 is 4.57 Å². The number of benzene rings is 3. The number of rotatable bonds is 2. The Morgan fingerprint density at radius 1 is 0.773 bits per heavy atom. The number of nitrogens with zero attached hydrogens (tertiary/aromatic N) is 1. The van der Waals surface area contributed by atoms with Crippen LogP contribution in [0.25, 0.3) is 21.7 Å². The van der Waals surface area contributed by atoms with Crippen molar-refractivity contribution in [2.75, 3.05) is 0 Å². The van der Waals surface area contributed by atoms with Crippen LogP contribution in [0.2, 0.25) is 0 Å². The molecule has 0 spiro atoms. The lowest BCUT2D eigenvalue weighted by molar-refractivity contribution is 0.684. The third-order valence-electron chi connectivity index (χ3n) is 4.01. The molecule has 1 heterocycles. The lowest BCUT2D eigenvalue weighted by atomic mass is 10.1. The van der Waals surface area contributed by atoms with Gasteiger partial charge >= 0.3 is 0 Å². The van der Waals surface area contributed by atoms with Crippen molar-refractivity contribution in [3.8, 4) is 0 Å². The molecular weight excluding hydrogens is 290 g/mol. The highest BCUT2D eigenvalue weighted by atomic mass is 32.2. The van der Waals surface area contributed by atoms with E-state index in [1.165, 1.54) is 0 Å². The zero-order valence-corrected chi connectivity index (χ0v) is 13.0. The second-order valence-corrected chi connectivity index (χ2v) is 6.78. The molecule has 3 heteroatoms. The SMILES string of the molecule is Cn1cc(S(=O)c2cccc3ccccc23)c2ccccc21. The summed E-state index contributed by atoms with van der Waals surface area (Å²) in [6.07, 6.45) is 1.97. The summed E-state index contributed by atoms with van der Waals surface area (Å²) in [7, 11) is 0.796. The molecule has 0 fully saturated rings. The van der Waals surface area contributed by atoms with Crippen molar-refractivity contribution >= 4 is 32.5 Å². The first-order valence-corrected chi connectivity index (χ1v) is 8.34. The second kappa shape index (κ2) is 5.11. The van der Waals surface area contributed by atoms with Crippen LogP contribution in [0.5, 0.6) is 0 Å². The Hall–Kier alpha value is -2.39. The standard InChI is InChI=1S/C19H15NOS/c1-20-13-19(16-10-4-5-11-17(16)20)22(21)18-12-6-8-14-7-2-3-9-15(14)18/h2-13H,1H3. The lowest BCUT2D eigenvalue weighted by Crippen LogP contribution is -1.93. The highest BCUT2D eigenvalue weighted by molar-refractivity contribution is 7.85. The first-order chi connectivity index (χ1) is 10.8. The van der Waals surface area contributed by atoms with Gasteiger partial charge in [-0.05, 0) is 22.9 Å². The van der Waals surface area contributed by atoms with E-state index in [4.69, 9.17) is 0 Å². The summed E-state index contributed by atoms with van der Waals surface area (Å²) >= 11 is 0. The molecule has 0 radical (unpaired) electrons. The van der Waals surface area contributed by atoms with E-state index >= 15 is 0 Å². The molecule has 0 saturated carbocycles. The van der Waals surface area contributed by atoms with E-state index in [1.807, 2.05) is 66.3 Å². The average Bonchev–Trinajstić information content (AvgIpc) is 2.91. The maximum Gasteiger partial charge on any atom is 0.0877 e. The van der Waals surface area contributed by atoms with Crippen molar-refractivity contribution in [1.29, 1.82) is 0 Å². The van der Waals surface area contributed by atoms with Gasteiger partial charge in [-0.25, -0.2) is 4.21 Å². The topological polar surface area (TPSA) is 22.0 Å². The van der Waals surface area contributed by atoms with E-state index in [1.54, 1.807) is 0 Å². The number of aryl methyl sites for hydroxylation is 1. The van der Waals surface area contributed by atoms with Gasteiger partial charge in [0.15, 0.2) is 0 Å². The van der Waals surface area contributed by atoms with E-state index in [0.29, 0.717) is 0 Å². The van der Waals surface area contributed by atoms with Gasteiger partial charge in [0.25, 0.3) is 0 Å². The van der Waals surface area contributed by atoms with E-state index in [0.717, 1.165) is 31.5 Å². The Morgan fingerprint density at radius 3 is 2.32 bits per heavy atom. The molecule has 108 valence electrons. The first-order valence-electron chi connectivity index (χ1n) is 7.19. The molecule has 4 aromatic rings. The third-order valence-corrected chi connectivity index (χ3v) is 5.49. The Balaban J connectivity index is 1.97. The van der Waals surface area contributed by atoms with Crippen molar-refractivity contribution in [2.45, 2.75) is 9.79 Å². The van der Waals surface area contributed by atoms with Crippen molar-refractivity contribution in [3.63, 3.8) is 0 Å². The van der Waals surface area contributed by atoms with E-state index in [2.05, 4.69) is 18.2 Å². The highest BCUT2D eigenvalue weighted by Crippen LogP contribution is 2.30. The second-order valence-electron chi connectivity index (χ2n) is 5.37. The van der Waals surface area contributed by atoms with Crippen LogP contribution >= 0.6 is 0 Å². The predicted octanol–water partition coefficient (Wildman–Crippen LogP) is 4.50. The highest BCUT2D eigenvalue weighted by Gasteiger charge is 2.16. The van der Waals surface area contributed by atoms with E-state index in [9.17, 15) is 4.21 Å². The molecule has 0 saturated heterocycles. The van der Waals surface area contributed by atoms with E-state index in [-0.39, 0.29) is 0 Å². The number of hydrogen-bond acceptors (Lipinski definition) is 1. The van der Waals surface area contributed by atoms with Crippen molar-refractivity contribution in [3.05, 3.63) is 72.9 Å². The molecule has 0 bridgehead atoms. The molecule has 3 aromatic carbocycles. The lowest BCUT2D eigenvalue weighted by Gasteiger charge is -2.06. The van der Waals surface area contributed by atoms with Crippen LogP contribution in [0.15, 0.2) is 82.7 Å². The molecule has 0 aliphatic heterocycles. The minimum absolute atomic E-state index is 0.870. The number of fused-ring (bicyclic) bond motifs is 2. The summed E-state index contributed by atoms with van der Waals surface area (Å²) in [6.45, 7) is 0. The maximum absolute atomic E-state index is 13.2. The van der Waals surface area contributed by atoms with Crippen LogP contribution in [-0.2, 0) is 17.8 Å². The summed E-state index contributed by atoms with van der Waals surface area (Å²) in [4.78, 5) is 1.74. The summed E-state index contributed by atoms with van der Waals surface area (Å²) in [5, 5.41) is 3.22. The summed E-state index contributed by atoms with van der Waals surface area (Å²) in [5.41, 5.74) is 1.10. The summed E-state index contributed by atoms with van der Waals surface area (Å²) < 4.78 is 15.2. The third kappa shape index (κ3) is 1.97. The normalized spacial score (nSPS) is 12.8. The molecule has 2 nitrogen and oxygen atoms in total. The van der Waals surface area contributed by atoms with Crippen molar-refractivity contribution < 1.29 is 4.21 Å². The molecule has 0 aliphatic rings. The van der Waals surface area contributed by atoms with Gasteiger partial charge in [0, 0.05) is 24.1 Å². The number of hydrogen-bond donors (Lipinski definition) is 0. The van der Waals surface area contributed by atoms with Gasteiger partial charge in [0.2, 0.25) is 0 Å². The minimum Gasteiger partial charge on any atom is -0.349 e. The van der Waals surface area contributed by atoms with Crippen LogP contribution in [0.1, 0.15) is 0 Å². The summed E-state index contributed by atoms with van der Waals surface area (Å²) in [6, 6.07) is 22.2. The zero-order chi connectivity index (χ0) is 15.1. The maximum atomic E-state index is 13.2. The molecule has 0 amide bonds. The van der Waals surface area contributed by atoms with Gasteiger partial charge in [-0.2, -0.15) is 0 Å². The molecule has 4 rings (SSSR count). The van der Waals surface area contributed by atoms with Crippen LogP contribution in [0.4, 0.5) is 0 Å². The fraction of sp³-hybridized carbons (Fsp3) is 0.0526. The average molecular weight is 305 g/mol. The van der Waals surface area contributed by atoms with Gasteiger partial charge in [-0.15, -0.1) is 0 Å². The van der Waals surface area contributed by atoms with Crippen LogP contribution in [0.3, 0.4) is 0 Å². The van der Waals surface area contributed by atoms with E-state index < -0.39 is 10.8 Å². The van der Waals surface area contributed by atoms with Crippen LogP contribution in [0, 0.1) is 0 Å². The molecule has 1 atom stereocenters. The van der Waals surface area contributed by atoms with Crippen LogP contribution < -0.4 is 0 Å². The Labute approximate surface area is 131 Å². The molecule has 1 aromatic heterocycles. The first kappa shape index (κ1) is 13.3. The monoisotopic (exact) mass is 305 g/mol. The predicted molar refractivity (Wildman–Crippen MR) is 91.5 cm³/mol. The molecule has 1 unspecified atom stereocenters. The molecule has 22 heavy (non-hydrogen) atoms. The van der Waals surface area contributed by atoms with Crippen molar-refractivity contribution in [2.24, 2.45) is 7.05 Å². The molecule has 0 N–H and O–H groups in total. The smallest absolute Gasteiger partial charge is 0.0877 e. The molecule has 0 aliphatic carbocycles. The Kier molecular flexibility index (Phi) is 3.09. The number of para-hydroxylation sites is 1. The van der Waals surface area contributed by atoms with Crippen LogP contribution in [-0.4, -0.2) is 8.78 Å². The quantitative estimate of drug-likeness (QED) is 0.534. The fourth-order valence-electron chi connectivity index (χ4n) is 2.93. The van der Waals surface area contributed by atoms with Gasteiger partial charge in [0.1, 0.15) is 0 Å².